The normalized spacial score (nSPS) is 18.8. The molecule has 1 atom stereocenters. The number of thioether (sulfide) groups is 1. The van der Waals surface area contributed by atoms with Crippen LogP contribution < -0.4 is 0 Å². The lowest BCUT2D eigenvalue weighted by atomic mass is 10.2. The number of fused-ring (bicyclic) bond motifs is 1. The van der Waals surface area contributed by atoms with Crippen molar-refractivity contribution >= 4 is 52.0 Å². The Bertz CT molecular complexity index is 681. The van der Waals surface area contributed by atoms with Crippen molar-refractivity contribution in [1.82, 2.24) is 9.55 Å². The first kappa shape index (κ1) is 14.0. The first-order valence-corrected chi connectivity index (χ1v) is 8.05. The van der Waals surface area contributed by atoms with Gasteiger partial charge in [0.05, 0.1) is 26.3 Å². The lowest BCUT2D eigenvalue weighted by Gasteiger charge is -2.11. The molecule has 1 aliphatic rings. The van der Waals surface area contributed by atoms with Gasteiger partial charge in [-0.25, -0.2) is 4.98 Å². The number of imidazole rings is 1. The second-order valence-corrected chi connectivity index (χ2v) is 6.83. The van der Waals surface area contributed by atoms with Gasteiger partial charge in [-0.3, -0.25) is 4.79 Å². The van der Waals surface area contributed by atoms with Crippen molar-refractivity contribution in [3.63, 3.8) is 0 Å². The molecule has 1 fully saturated rings. The molecule has 1 N–H and O–H groups in total. The van der Waals surface area contributed by atoms with E-state index in [2.05, 4.69) is 4.98 Å². The molecule has 2 aromatic rings. The molecule has 106 valence electrons. The molecule has 0 bridgehead atoms. The van der Waals surface area contributed by atoms with Crippen molar-refractivity contribution in [3.8, 4) is 0 Å². The number of hydrogen-bond acceptors (Lipinski definition) is 3. The van der Waals surface area contributed by atoms with E-state index in [1.54, 1.807) is 16.7 Å². The fraction of sp³-hybridized carbons (Fsp3) is 0.385. The zero-order chi connectivity index (χ0) is 14.3. The number of hydrogen-bond donors (Lipinski definition) is 1. The molecule has 0 radical (unpaired) electrons. The van der Waals surface area contributed by atoms with Crippen molar-refractivity contribution in [2.24, 2.45) is 0 Å². The predicted molar refractivity (Wildman–Crippen MR) is 81.8 cm³/mol. The second kappa shape index (κ2) is 5.47. The Labute approximate surface area is 130 Å². The summed E-state index contributed by atoms with van der Waals surface area (Å²) in [5.74, 6) is 1.01. The van der Waals surface area contributed by atoms with E-state index in [1.165, 1.54) is 0 Å². The maximum atomic E-state index is 11.1. The Balaban J connectivity index is 2.18. The van der Waals surface area contributed by atoms with Crippen LogP contribution in [0.15, 0.2) is 12.1 Å². The zero-order valence-electron chi connectivity index (χ0n) is 10.5. The van der Waals surface area contributed by atoms with Crippen LogP contribution in [0.25, 0.3) is 11.0 Å². The van der Waals surface area contributed by atoms with Crippen LogP contribution in [0.5, 0.6) is 0 Å². The number of carboxylic acids is 1. The number of carboxylic acid groups (broad SMARTS) is 1. The summed E-state index contributed by atoms with van der Waals surface area (Å²) in [5.41, 5.74) is 1.42. The molecule has 20 heavy (non-hydrogen) atoms. The molecule has 1 saturated heterocycles. The Kier molecular flexibility index (Phi) is 3.84. The average molecular weight is 331 g/mol. The number of rotatable bonds is 3. The number of nitrogens with zero attached hydrogens (tertiary/aromatic N) is 2. The molecule has 0 spiro atoms. The zero-order valence-corrected chi connectivity index (χ0v) is 12.8. The van der Waals surface area contributed by atoms with Gasteiger partial charge < -0.3 is 9.67 Å². The topological polar surface area (TPSA) is 55.1 Å². The second-order valence-electron chi connectivity index (χ2n) is 4.71. The van der Waals surface area contributed by atoms with Crippen LogP contribution in [0.4, 0.5) is 0 Å². The van der Waals surface area contributed by atoms with Gasteiger partial charge in [-0.15, -0.1) is 0 Å². The van der Waals surface area contributed by atoms with E-state index >= 15 is 0 Å². The van der Waals surface area contributed by atoms with Gasteiger partial charge in [-0.2, -0.15) is 11.8 Å². The molecule has 1 unspecified atom stereocenters. The van der Waals surface area contributed by atoms with E-state index < -0.39 is 5.97 Å². The van der Waals surface area contributed by atoms with Crippen molar-refractivity contribution in [1.29, 1.82) is 0 Å². The minimum Gasteiger partial charge on any atom is -0.480 e. The number of aromatic nitrogens is 2. The van der Waals surface area contributed by atoms with E-state index in [-0.39, 0.29) is 11.8 Å². The van der Waals surface area contributed by atoms with Crippen LogP contribution in [0.2, 0.25) is 10.0 Å². The SMILES string of the molecule is O=C(O)Cn1c(C2CCCS2)nc2cc(Cl)c(Cl)cc21. The van der Waals surface area contributed by atoms with E-state index in [1.807, 2.05) is 11.8 Å². The van der Waals surface area contributed by atoms with E-state index in [0.29, 0.717) is 15.6 Å². The maximum Gasteiger partial charge on any atom is 0.323 e. The van der Waals surface area contributed by atoms with E-state index in [9.17, 15) is 4.79 Å². The molecule has 0 saturated carbocycles. The Morgan fingerprint density at radius 3 is 2.85 bits per heavy atom. The van der Waals surface area contributed by atoms with Gasteiger partial charge in [0.1, 0.15) is 12.4 Å². The third-order valence-electron chi connectivity index (χ3n) is 3.33. The molecular weight excluding hydrogens is 319 g/mol. The molecule has 4 nitrogen and oxygen atoms in total. The molecular formula is C13H12Cl2N2O2S. The third kappa shape index (κ3) is 2.50. The lowest BCUT2D eigenvalue weighted by molar-refractivity contribution is -0.137. The summed E-state index contributed by atoms with van der Waals surface area (Å²) in [5, 5.41) is 10.2. The van der Waals surface area contributed by atoms with E-state index in [4.69, 9.17) is 28.3 Å². The summed E-state index contributed by atoms with van der Waals surface area (Å²) >= 11 is 13.9. The van der Waals surface area contributed by atoms with Gasteiger partial charge in [0.15, 0.2) is 0 Å². The molecule has 1 aliphatic heterocycles. The van der Waals surface area contributed by atoms with Crippen molar-refractivity contribution in [3.05, 3.63) is 28.0 Å². The summed E-state index contributed by atoms with van der Waals surface area (Å²) in [6.07, 6.45) is 2.15. The largest absolute Gasteiger partial charge is 0.480 e. The first-order valence-electron chi connectivity index (χ1n) is 6.25. The minimum absolute atomic E-state index is 0.110. The van der Waals surface area contributed by atoms with Crippen LogP contribution in [-0.2, 0) is 11.3 Å². The van der Waals surface area contributed by atoms with Gasteiger partial charge in [0, 0.05) is 0 Å². The van der Waals surface area contributed by atoms with Gasteiger partial charge in [0.2, 0.25) is 0 Å². The third-order valence-corrected chi connectivity index (χ3v) is 5.43. The maximum absolute atomic E-state index is 11.1. The van der Waals surface area contributed by atoms with Gasteiger partial charge in [0.25, 0.3) is 0 Å². The minimum atomic E-state index is -0.889. The number of halogens is 2. The standard InChI is InChI=1S/C13H12Cl2N2O2S/c14-7-4-9-10(5-8(7)15)17(6-12(18)19)13(16-9)11-2-1-3-20-11/h4-5,11H,1-3,6H2,(H,18,19). The lowest BCUT2D eigenvalue weighted by Crippen LogP contribution is -2.13. The summed E-state index contributed by atoms with van der Waals surface area (Å²) in [4.78, 5) is 15.7. The van der Waals surface area contributed by atoms with Crippen molar-refractivity contribution in [2.75, 3.05) is 5.75 Å². The molecule has 2 heterocycles. The fourth-order valence-electron chi connectivity index (χ4n) is 2.47. The molecule has 0 aliphatic carbocycles. The summed E-state index contributed by atoms with van der Waals surface area (Å²) in [7, 11) is 0. The highest BCUT2D eigenvalue weighted by atomic mass is 35.5. The summed E-state index contributed by atoms with van der Waals surface area (Å²) in [6.45, 7) is -0.110. The highest BCUT2D eigenvalue weighted by Gasteiger charge is 2.25. The average Bonchev–Trinajstić information content (AvgIpc) is 2.99. The van der Waals surface area contributed by atoms with Crippen molar-refractivity contribution < 1.29 is 9.90 Å². The van der Waals surface area contributed by atoms with Crippen LogP contribution in [0.1, 0.15) is 23.9 Å². The molecule has 1 aromatic heterocycles. The van der Waals surface area contributed by atoms with Gasteiger partial charge in [-0.05, 0) is 30.7 Å². The summed E-state index contributed by atoms with van der Waals surface area (Å²) in [6, 6.07) is 3.39. The van der Waals surface area contributed by atoms with E-state index in [0.717, 1.165) is 29.9 Å². The number of aliphatic carboxylic acids is 1. The highest BCUT2D eigenvalue weighted by molar-refractivity contribution is 7.99. The molecule has 3 rings (SSSR count). The van der Waals surface area contributed by atoms with Crippen LogP contribution in [-0.4, -0.2) is 26.4 Å². The van der Waals surface area contributed by atoms with Crippen LogP contribution in [0, 0.1) is 0 Å². The quantitative estimate of drug-likeness (QED) is 0.924. The number of benzene rings is 1. The highest BCUT2D eigenvalue weighted by Crippen LogP contribution is 2.41. The Morgan fingerprint density at radius 1 is 1.45 bits per heavy atom. The Morgan fingerprint density at radius 2 is 2.20 bits per heavy atom. The molecule has 1 aromatic carbocycles. The smallest absolute Gasteiger partial charge is 0.323 e. The van der Waals surface area contributed by atoms with Gasteiger partial charge in [-0.1, -0.05) is 23.2 Å². The predicted octanol–water partition coefficient (Wildman–Crippen LogP) is 4.00. The van der Waals surface area contributed by atoms with Crippen LogP contribution >= 0.6 is 35.0 Å². The monoisotopic (exact) mass is 330 g/mol. The van der Waals surface area contributed by atoms with Gasteiger partial charge >= 0.3 is 5.97 Å². The summed E-state index contributed by atoms with van der Waals surface area (Å²) < 4.78 is 1.74. The van der Waals surface area contributed by atoms with Crippen LogP contribution in [0.3, 0.4) is 0 Å². The fourth-order valence-corrected chi connectivity index (χ4v) is 4.06. The van der Waals surface area contributed by atoms with Crippen molar-refractivity contribution in [2.45, 2.75) is 24.6 Å². The Hall–Kier alpha value is -0.910. The molecule has 7 heteroatoms. The molecule has 0 amide bonds. The first-order chi connectivity index (χ1) is 9.56. The number of carbonyl (C=O) groups is 1.